The molecule has 4 heteroatoms. The number of carboxylic acids is 1. The average Bonchev–Trinajstić information content (AvgIpc) is 2.34. The number of carboxylic acid groups (broad SMARTS) is 1. The molecule has 1 aromatic carbocycles. The highest BCUT2D eigenvalue weighted by molar-refractivity contribution is 5.70. The summed E-state index contributed by atoms with van der Waals surface area (Å²) in [4.78, 5) is 11.2. The molecule has 0 saturated heterocycles. The number of para-hydroxylation sites is 1. The zero-order chi connectivity index (χ0) is 13.5. The highest BCUT2D eigenvalue weighted by Crippen LogP contribution is 2.23. The molecular weight excluding hydrogens is 232 g/mol. The highest BCUT2D eigenvalue weighted by atomic mass is 16.5. The van der Waals surface area contributed by atoms with Crippen LogP contribution in [0.4, 0.5) is 0 Å². The monoisotopic (exact) mass is 252 g/mol. The molecule has 0 aliphatic carbocycles. The fraction of sp³-hybridized carbons (Fsp3) is 0.500. The van der Waals surface area contributed by atoms with Gasteiger partial charge in [-0.3, -0.25) is 4.79 Å². The molecule has 4 nitrogen and oxygen atoms in total. The minimum absolute atomic E-state index is 0.423. The van der Waals surface area contributed by atoms with Gasteiger partial charge in [-0.1, -0.05) is 18.2 Å². The van der Waals surface area contributed by atoms with Crippen LogP contribution in [0.1, 0.15) is 25.3 Å². The lowest BCUT2D eigenvalue weighted by Crippen LogP contribution is -2.18. The van der Waals surface area contributed by atoms with Crippen LogP contribution in [-0.2, 0) is 11.2 Å². The lowest BCUT2D eigenvalue weighted by atomic mass is 9.93. The number of hydrogen-bond acceptors (Lipinski definition) is 3. The lowest BCUT2D eigenvalue weighted by molar-refractivity contribution is -0.142. The first-order valence-electron chi connectivity index (χ1n) is 6.07. The van der Waals surface area contributed by atoms with E-state index >= 15 is 0 Å². The number of aliphatic hydroxyl groups excluding tert-OH is 1. The molecule has 0 saturated carbocycles. The fourth-order valence-electron chi connectivity index (χ4n) is 1.89. The Morgan fingerprint density at radius 2 is 2.00 bits per heavy atom. The molecule has 1 rings (SSSR count). The van der Waals surface area contributed by atoms with Gasteiger partial charge in [0.05, 0.1) is 19.1 Å². The first-order valence-corrected chi connectivity index (χ1v) is 6.07. The number of benzene rings is 1. The maximum absolute atomic E-state index is 11.2. The molecule has 2 unspecified atom stereocenters. The van der Waals surface area contributed by atoms with Crippen LogP contribution >= 0.6 is 0 Å². The molecule has 18 heavy (non-hydrogen) atoms. The Bertz CT molecular complexity index is 387. The molecule has 0 radical (unpaired) electrons. The van der Waals surface area contributed by atoms with Gasteiger partial charge < -0.3 is 14.9 Å². The minimum Gasteiger partial charge on any atom is -0.496 e. The molecule has 0 fully saturated rings. The van der Waals surface area contributed by atoms with Gasteiger partial charge in [0.15, 0.2) is 0 Å². The number of hydrogen-bond donors (Lipinski definition) is 2. The molecule has 0 amide bonds. The number of rotatable bonds is 7. The molecule has 1 aromatic rings. The molecule has 2 atom stereocenters. The van der Waals surface area contributed by atoms with Crippen LogP contribution in [0, 0.1) is 5.92 Å². The standard InChI is InChI=1S/C14H20O4/c1-10(15)7-8-12(14(16)17)9-11-5-3-4-6-13(11)18-2/h3-6,10,12,15H,7-9H2,1-2H3,(H,16,17). The normalized spacial score (nSPS) is 13.9. The van der Waals surface area contributed by atoms with Gasteiger partial charge in [-0.25, -0.2) is 0 Å². The summed E-state index contributed by atoms with van der Waals surface area (Å²) in [6.45, 7) is 1.67. The van der Waals surface area contributed by atoms with Gasteiger partial charge in [0.2, 0.25) is 0 Å². The predicted molar refractivity (Wildman–Crippen MR) is 68.7 cm³/mol. The molecule has 0 aliphatic rings. The number of methoxy groups -OCH3 is 1. The summed E-state index contributed by atoms with van der Waals surface area (Å²) in [5.41, 5.74) is 0.887. The topological polar surface area (TPSA) is 66.8 Å². The number of ether oxygens (including phenoxy) is 1. The zero-order valence-electron chi connectivity index (χ0n) is 10.8. The Labute approximate surface area is 107 Å². The van der Waals surface area contributed by atoms with Gasteiger partial charge in [-0.05, 0) is 37.8 Å². The predicted octanol–water partition coefficient (Wildman–Crippen LogP) is 2.10. The van der Waals surface area contributed by atoms with Crippen molar-refractivity contribution in [1.82, 2.24) is 0 Å². The second-order valence-electron chi connectivity index (χ2n) is 4.48. The van der Waals surface area contributed by atoms with Crippen molar-refractivity contribution in [2.75, 3.05) is 7.11 Å². The quantitative estimate of drug-likeness (QED) is 0.780. The van der Waals surface area contributed by atoms with Crippen molar-refractivity contribution < 1.29 is 19.7 Å². The Hall–Kier alpha value is -1.55. The fourth-order valence-corrected chi connectivity index (χ4v) is 1.89. The van der Waals surface area contributed by atoms with Crippen molar-refractivity contribution in [1.29, 1.82) is 0 Å². The summed E-state index contributed by atoms with van der Waals surface area (Å²) in [5, 5.41) is 18.4. The number of carbonyl (C=O) groups is 1. The van der Waals surface area contributed by atoms with E-state index in [0.29, 0.717) is 25.0 Å². The second-order valence-corrected chi connectivity index (χ2v) is 4.48. The highest BCUT2D eigenvalue weighted by Gasteiger charge is 2.20. The third-order valence-electron chi connectivity index (χ3n) is 2.94. The molecular formula is C14H20O4. The summed E-state index contributed by atoms with van der Waals surface area (Å²) in [6.07, 6.45) is 0.910. The summed E-state index contributed by atoms with van der Waals surface area (Å²) in [5.74, 6) is -0.613. The summed E-state index contributed by atoms with van der Waals surface area (Å²) >= 11 is 0. The van der Waals surface area contributed by atoms with E-state index in [0.717, 1.165) is 5.56 Å². The van der Waals surface area contributed by atoms with Crippen molar-refractivity contribution in [3.8, 4) is 5.75 Å². The molecule has 2 N–H and O–H groups in total. The summed E-state index contributed by atoms with van der Waals surface area (Å²) in [6, 6.07) is 7.42. The van der Waals surface area contributed by atoms with Crippen molar-refractivity contribution in [3.63, 3.8) is 0 Å². The van der Waals surface area contributed by atoms with Gasteiger partial charge in [0, 0.05) is 0 Å². The average molecular weight is 252 g/mol. The van der Waals surface area contributed by atoms with E-state index in [9.17, 15) is 15.0 Å². The molecule has 0 heterocycles. The molecule has 0 aromatic heterocycles. The molecule has 0 aliphatic heterocycles. The van der Waals surface area contributed by atoms with Crippen molar-refractivity contribution in [2.24, 2.45) is 5.92 Å². The smallest absolute Gasteiger partial charge is 0.306 e. The van der Waals surface area contributed by atoms with E-state index in [2.05, 4.69) is 0 Å². The molecule has 0 spiro atoms. The zero-order valence-corrected chi connectivity index (χ0v) is 10.8. The van der Waals surface area contributed by atoms with E-state index in [-0.39, 0.29) is 0 Å². The summed E-state index contributed by atoms with van der Waals surface area (Å²) < 4.78 is 5.21. The van der Waals surface area contributed by atoms with Crippen molar-refractivity contribution >= 4 is 5.97 Å². The largest absolute Gasteiger partial charge is 0.496 e. The third-order valence-corrected chi connectivity index (χ3v) is 2.94. The van der Waals surface area contributed by atoms with Gasteiger partial charge in [-0.2, -0.15) is 0 Å². The Morgan fingerprint density at radius 3 is 2.56 bits per heavy atom. The molecule has 0 bridgehead atoms. The maximum Gasteiger partial charge on any atom is 0.306 e. The summed E-state index contributed by atoms with van der Waals surface area (Å²) in [7, 11) is 1.57. The number of aliphatic carboxylic acids is 1. The van der Waals surface area contributed by atoms with Gasteiger partial charge in [0.25, 0.3) is 0 Å². The van der Waals surface area contributed by atoms with Crippen LogP contribution in [0.15, 0.2) is 24.3 Å². The van der Waals surface area contributed by atoms with Crippen molar-refractivity contribution in [2.45, 2.75) is 32.3 Å². The van der Waals surface area contributed by atoms with E-state index < -0.39 is 18.0 Å². The first-order chi connectivity index (χ1) is 8.54. The Balaban J connectivity index is 2.73. The minimum atomic E-state index is -0.832. The van der Waals surface area contributed by atoms with Crippen LogP contribution in [-0.4, -0.2) is 29.4 Å². The number of aliphatic hydroxyl groups is 1. The van der Waals surface area contributed by atoms with Crippen LogP contribution in [0.2, 0.25) is 0 Å². The van der Waals surface area contributed by atoms with E-state index in [1.165, 1.54) is 0 Å². The van der Waals surface area contributed by atoms with E-state index in [4.69, 9.17) is 4.74 Å². The van der Waals surface area contributed by atoms with Crippen LogP contribution in [0.5, 0.6) is 5.75 Å². The van der Waals surface area contributed by atoms with Gasteiger partial charge >= 0.3 is 5.97 Å². The van der Waals surface area contributed by atoms with E-state index in [1.807, 2.05) is 24.3 Å². The van der Waals surface area contributed by atoms with Gasteiger partial charge in [-0.15, -0.1) is 0 Å². The first kappa shape index (κ1) is 14.5. The third kappa shape index (κ3) is 4.37. The van der Waals surface area contributed by atoms with Crippen LogP contribution < -0.4 is 4.74 Å². The second kappa shape index (κ2) is 7.01. The maximum atomic E-state index is 11.2. The lowest BCUT2D eigenvalue weighted by Gasteiger charge is -2.15. The molecule has 100 valence electrons. The SMILES string of the molecule is COc1ccccc1CC(CCC(C)O)C(=O)O. The van der Waals surface area contributed by atoms with Crippen LogP contribution in [0.3, 0.4) is 0 Å². The Morgan fingerprint density at radius 1 is 1.33 bits per heavy atom. The van der Waals surface area contributed by atoms with Crippen LogP contribution in [0.25, 0.3) is 0 Å². The van der Waals surface area contributed by atoms with E-state index in [1.54, 1.807) is 14.0 Å². The Kier molecular flexibility index (Phi) is 5.65. The van der Waals surface area contributed by atoms with Crippen molar-refractivity contribution in [3.05, 3.63) is 29.8 Å². The van der Waals surface area contributed by atoms with Gasteiger partial charge in [0.1, 0.15) is 5.75 Å².